The minimum atomic E-state index is -5.81. The van der Waals surface area contributed by atoms with Gasteiger partial charge >= 0.3 is 21.3 Å². The number of carbonyl (C=O) groups is 1. The maximum atomic E-state index is 13.4. The molecule has 3 fully saturated rings. The minimum absolute atomic E-state index is 0.200. The zero-order valence-electron chi connectivity index (χ0n) is 13.9. The Morgan fingerprint density at radius 2 is 1.92 bits per heavy atom. The van der Waals surface area contributed by atoms with Crippen molar-refractivity contribution in [1.29, 1.82) is 0 Å². The summed E-state index contributed by atoms with van der Waals surface area (Å²) in [5, 5.41) is -4.91. The van der Waals surface area contributed by atoms with Gasteiger partial charge in [-0.1, -0.05) is 20.3 Å². The number of carbonyl (C=O) groups excluding carboxylic acids is 1. The van der Waals surface area contributed by atoms with Gasteiger partial charge in [-0.3, -0.25) is 4.55 Å². The summed E-state index contributed by atoms with van der Waals surface area (Å²) in [6.45, 7) is 4.14. The van der Waals surface area contributed by atoms with Gasteiger partial charge in [-0.2, -0.15) is 17.2 Å². The number of hydrogen-bond donors (Lipinski definition) is 1. The lowest BCUT2D eigenvalue weighted by atomic mass is 9.51. The number of alkyl halides is 2. The second kappa shape index (κ2) is 5.37. The lowest BCUT2D eigenvalue weighted by molar-refractivity contribution is -0.165. The van der Waals surface area contributed by atoms with Crippen LogP contribution >= 0.6 is 0 Å². The summed E-state index contributed by atoms with van der Waals surface area (Å²) in [5.74, 6) is -0.666. The van der Waals surface area contributed by atoms with Crippen LogP contribution < -0.4 is 0 Å². The van der Waals surface area contributed by atoms with Crippen molar-refractivity contribution in [2.24, 2.45) is 28.6 Å². The number of fused-ring (bicyclic) bond motifs is 1. The molecule has 0 aromatic carbocycles. The van der Waals surface area contributed by atoms with Gasteiger partial charge in [0.15, 0.2) is 0 Å². The van der Waals surface area contributed by atoms with Crippen molar-refractivity contribution in [2.45, 2.75) is 57.6 Å². The predicted molar refractivity (Wildman–Crippen MR) is 81.8 cm³/mol. The van der Waals surface area contributed by atoms with Crippen molar-refractivity contribution < 1.29 is 31.3 Å². The van der Waals surface area contributed by atoms with Crippen molar-refractivity contribution >= 4 is 16.1 Å². The molecule has 3 aliphatic carbocycles. The van der Waals surface area contributed by atoms with Crippen LogP contribution in [0.1, 0.15) is 52.4 Å². The van der Waals surface area contributed by atoms with Crippen molar-refractivity contribution in [3.05, 3.63) is 0 Å². The molecule has 0 saturated heterocycles. The summed E-state index contributed by atoms with van der Waals surface area (Å²) in [6, 6.07) is 0. The number of esters is 1. The average Bonchev–Trinajstić information content (AvgIpc) is 2.69. The van der Waals surface area contributed by atoms with Crippen molar-refractivity contribution in [2.75, 3.05) is 6.61 Å². The van der Waals surface area contributed by atoms with Crippen molar-refractivity contribution in [1.82, 2.24) is 0 Å². The summed E-state index contributed by atoms with van der Waals surface area (Å²) < 4.78 is 61.2. The van der Waals surface area contributed by atoms with Crippen LogP contribution in [0.25, 0.3) is 0 Å². The van der Waals surface area contributed by atoms with Crippen LogP contribution in [0.2, 0.25) is 0 Å². The van der Waals surface area contributed by atoms with E-state index in [1.54, 1.807) is 0 Å². The van der Waals surface area contributed by atoms with E-state index in [4.69, 9.17) is 9.29 Å². The molecule has 0 amide bonds. The molecule has 0 spiro atoms. The first-order valence-corrected chi connectivity index (χ1v) is 9.91. The second-order valence-corrected chi connectivity index (χ2v) is 9.74. The topological polar surface area (TPSA) is 80.7 Å². The van der Waals surface area contributed by atoms with Gasteiger partial charge in [-0.05, 0) is 55.3 Å². The minimum Gasteiger partial charge on any atom is -0.460 e. The molecule has 1 N–H and O–H groups in total. The molecule has 8 heteroatoms. The zero-order chi connectivity index (χ0) is 18.0. The largest absolute Gasteiger partial charge is 0.465 e. The van der Waals surface area contributed by atoms with Crippen LogP contribution in [-0.2, 0) is 19.6 Å². The normalized spacial score (nSPS) is 41.5. The van der Waals surface area contributed by atoms with E-state index in [9.17, 15) is 22.0 Å². The van der Waals surface area contributed by atoms with Crippen LogP contribution in [0.3, 0.4) is 0 Å². The third-order valence-corrected chi connectivity index (χ3v) is 7.50. The first-order valence-electron chi connectivity index (χ1n) is 8.47. The van der Waals surface area contributed by atoms with Crippen molar-refractivity contribution in [3.63, 3.8) is 0 Å². The molecule has 3 aliphatic rings. The fourth-order valence-corrected chi connectivity index (χ4v) is 6.17. The molecule has 0 aromatic heterocycles. The highest BCUT2D eigenvalue weighted by Crippen LogP contribution is 2.71. The highest BCUT2D eigenvalue weighted by atomic mass is 32.2. The fraction of sp³-hybridized carbons (Fsp3) is 0.938. The Bertz CT molecular complexity index is 649. The van der Waals surface area contributed by atoms with Gasteiger partial charge in [0, 0.05) is 5.41 Å². The first kappa shape index (κ1) is 18.0. The third-order valence-electron chi connectivity index (χ3n) is 6.68. The molecular weight excluding hydrogens is 342 g/mol. The third kappa shape index (κ3) is 2.57. The van der Waals surface area contributed by atoms with Gasteiger partial charge in [0.2, 0.25) is 0 Å². The predicted octanol–water partition coefficient (Wildman–Crippen LogP) is 3.25. The van der Waals surface area contributed by atoms with Gasteiger partial charge < -0.3 is 4.74 Å². The van der Waals surface area contributed by atoms with Crippen LogP contribution in [0.5, 0.6) is 0 Å². The second-order valence-electron chi connectivity index (χ2n) is 8.28. The van der Waals surface area contributed by atoms with E-state index in [1.165, 1.54) is 0 Å². The maximum Gasteiger partial charge on any atom is 0.465 e. The fourth-order valence-electron chi connectivity index (χ4n) is 5.90. The monoisotopic (exact) mass is 366 g/mol. The highest BCUT2D eigenvalue weighted by Gasteiger charge is 2.64. The van der Waals surface area contributed by atoms with E-state index in [0.717, 1.165) is 38.5 Å². The maximum absolute atomic E-state index is 13.4. The van der Waals surface area contributed by atoms with E-state index in [0.29, 0.717) is 23.2 Å². The molecule has 2 bridgehead atoms. The smallest absolute Gasteiger partial charge is 0.460 e. The Hall–Kier alpha value is -0.760. The summed E-state index contributed by atoms with van der Waals surface area (Å²) >= 11 is 0. The molecular formula is C16H24F2O5S. The van der Waals surface area contributed by atoms with E-state index in [2.05, 4.69) is 13.8 Å². The number of ether oxygens (including phenoxy) is 1. The Kier molecular flexibility index (Phi) is 4.03. The lowest BCUT2D eigenvalue weighted by Crippen LogP contribution is -2.45. The summed E-state index contributed by atoms with van der Waals surface area (Å²) in [7, 11) is -5.81. The number of rotatable bonds is 5. The molecule has 0 radical (unpaired) electrons. The van der Waals surface area contributed by atoms with Crippen LogP contribution in [-0.4, -0.2) is 30.8 Å². The zero-order valence-corrected chi connectivity index (χ0v) is 14.7. The van der Waals surface area contributed by atoms with Gasteiger partial charge in [-0.25, -0.2) is 4.79 Å². The molecule has 138 valence electrons. The quantitative estimate of drug-likeness (QED) is 0.597. The molecule has 0 aliphatic heterocycles. The van der Waals surface area contributed by atoms with Crippen LogP contribution in [0.4, 0.5) is 8.78 Å². The first-order chi connectivity index (χ1) is 10.9. The number of halogens is 2. The molecule has 3 rings (SSSR count). The van der Waals surface area contributed by atoms with Gasteiger partial charge in [0.25, 0.3) is 0 Å². The van der Waals surface area contributed by atoms with E-state index in [-0.39, 0.29) is 12.0 Å². The molecule has 0 heterocycles. The Labute approximate surface area is 140 Å². The van der Waals surface area contributed by atoms with E-state index >= 15 is 0 Å². The Morgan fingerprint density at radius 3 is 2.50 bits per heavy atom. The molecule has 5 unspecified atom stereocenters. The molecule has 0 aromatic rings. The standard InChI is InChI=1S/C16H24F2O5S/c1-3-15-5-10(2)4-14(6-11(7-15)12(15)8-14)9-23-13(19)16(17,18)24(20,21)22/h10-12H,3-9H2,1-2H3,(H,20,21,22). The van der Waals surface area contributed by atoms with Gasteiger partial charge in [0.05, 0.1) is 6.61 Å². The Balaban J connectivity index is 1.73. The summed E-state index contributed by atoms with van der Waals surface area (Å²) in [4.78, 5) is 11.5. The molecule has 5 atom stereocenters. The number of hydrogen-bond acceptors (Lipinski definition) is 4. The van der Waals surface area contributed by atoms with Crippen LogP contribution in [0.15, 0.2) is 0 Å². The highest BCUT2D eigenvalue weighted by molar-refractivity contribution is 7.87. The summed E-state index contributed by atoms with van der Waals surface area (Å²) in [5.41, 5.74) is -0.00214. The van der Waals surface area contributed by atoms with Gasteiger partial charge in [0.1, 0.15) is 0 Å². The van der Waals surface area contributed by atoms with Crippen molar-refractivity contribution in [3.8, 4) is 0 Å². The molecule has 5 nitrogen and oxygen atoms in total. The summed E-state index contributed by atoms with van der Waals surface area (Å²) in [6.07, 6.45) is 5.85. The van der Waals surface area contributed by atoms with E-state index in [1.807, 2.05) is 0 Å². The lowest BCUT2D eigenvalue weighted by Gasteiger charge is -2.54. The average molecular weight is 366 g/mol. The van der Waals surface area contributed by atoms with Crippen LogP contribution in [0, 0.1) is 28.6 Å². The SMILES string of the molecule is CCC12CC(C)CC3(COC(=O)C(F)(F)S(=O)(=O)O)CC(C1)C2C3. The van der Waals surface area contributed by atoms with E-state index < -0.39 is 21.3 Å². The molecule has 24 heavy (non-hydrogen) atoms. The van der Waals surface area contributed by atoms with Gasteiger partial charge in [-0.15, -0.1) is 0 Å². The Morgan fingerprint density at radius 1 is 1.25 bits per heavy atom. The molecule has 3 saturated carbocycles.